The van der Waals surface area contributed by atoms with Crippen LogP contribution in [0, 0.1) is 5.92 Å². The third-order valence-electron chi connectivity index (χ3n) is 2.64. The fraction of sp³-hybridized carbons (Fsp3) is 0.500. The van der Waals surface area contributed by atoms with Gasteiger partial charge in [-0.3, -0.25) is 0 Å². The van der Waals surface area contributed by atoms with Gasteiger partial charge in [0.25, 0.3) is 0 Å². The Balaban J connectivity index is 1.91. The maximum absolute atomic E-state index is 9.43. The van der Waals surface area contributed by atoms with E-state index in [9.17, 15) is 5.11 Å². The first-order chi connectivity index (χ1) is 6.84. The van der Waals surface area contributed by atoms with E-state index in [0.717, 1.165) is 19.4 Å². The number of rotatable bonds is 2. The molecule has 0 spiro atoms. The summed E-state index contributed by atoms with van der Waals surface area (Å²) < 4.78 is 5.32. The van der Waals surface area contributed by atoms with E-state index in [2.05, 4.69) is 24.3 Å². The number of hydrogen-bond acceptors (Lipinski definition) is 2. The molecule has 1 N–H and O–H groups in total. The largest absolute Gasteiger partial charge is 0.391 e. The molecule has 2 nitrogen and oxygen atoms in total. The molecular weight excluding hydrogens is 176 g/mol. The highest BCUT2D eigenvalue weighted by Crippen LogP contribution is 2.18. The second-order valence-corrected chi connectivity index (χ2v) is 3.98. The van der Waals surface area contributed by atoms with Gasteiger partial charge in [-0.15, -0.1) is 0 Å². The van der Waals surface area contributed by atoms with Crippen molar-refractivity contribution in [3.8, 4) is 0 Å². The highest BCUT2D eigenvalue weighted by Gasteiger charge is 2.20. The van der Waals surface area contributed by atoms with E-state index in [0.29, 0.717) is 12.5 Å². The van der Waals surface area contributed by atoms with Gasteiger partial charge in [0.15, 0.2) is 0 Å². The molecule has 2 unspecified atom stereocenters. The zero-order chi connectivity index (χ0) is 9.80. The van der Waals surface area contributed by atoms with E-state index in [4.69, 9.17) is 4.74 Å². The van der Waals surface area contributed by atoms with Gasteiger partial charge in [0.1, 0.15) is 0 Å². The van der Waals surface area contributed by atoms with Gasteiger partial charge in [0.2, 0.25) is 0 Å². The highest BCUT2D eigenvalue weighted by atomic mass is 16.5. The summed E-state index contributed by atoms with van der Waals surface area (Å²) in [7, 11) is 0. The van der Waals surface area contributed by atoms with Crippen molar-refractivity contribution >= 4 is 0 Å². The van der Waals surface area contributed by atoms with Crippen LogP contribution in [-0.4, -0.2) is 24.4 Å². The van der Waals surface area contributed by atoms with Crippen molar-refractivity contribution in [1.29, 1.82) is 0 Å². The van der Waals surface area contributed by atoms with Crippen molar-refractivity contribution in [2.45, 2.75) is 18.9 Å². The van der Waals surface area contributed by atoms with Gasteiger partial charge in [-0.05, 0) is 24.3 Å². The van der Waals surface area contributed by atoms with E-state index in [1.807, 2.05) is 6.07 Å². The quantitative estimate of drug-likeness (QED) is 0.771. The summed E-state index contributed by atoms with van der Waals surface area (Å²) in [5.74, 6) is 0.473. The summed E-state index contributed by atoms with van der Waals surface area (Å²) in [4.78, 5) is 0. The highest BCUT2D eigenvalue weighted by molar-refractivity contribution is 5.15. The van der Waals surface area contributed by atoms with E-state index in [1.165, 1.54) is 5.56 Å². The first kappa shape index (κ1) is 9.69. The van der Waals surface area contributed by atoms with E-state index in [1.54, 1.807) is 0 Å². The topological polar surface area (TPSA) is 29.5 Å². The van der Waals surface area contributed by atoms with Crippen molar-refractivity contribution in [2.24, 2.45) is 5.92 Å². The van der Waals surface area contributed by atoms with Gasteiger partial charge >= 0.3 is 0 Å². The fourth-order valence-corrected chi connectivity index (χ4v) is 1.98. The molecular formula is C12H16O2. The molecule has 0 bridgehead atoms. The first-order valence-electron chi connectivity index (χ1n) is 5.14. The molecule has 0 amide bonds. The second kappa shape index (κ2) is 4.58. The molecule has 1 aromatic rings. The molecule has 0 aromatic heterocycles. The zero-order valence-corrected chi connectivity index (χ0v) is 8.23. The normalized spacial score (nSPS) is 27.5. The van der Waals surface area contributed by atoms with Crippen LogP contribution in [0.2, 0.25) is 0 Å². The number of hydrogen-bond donors (Lipinski definition) is 1. The van der Waals surface area contributed by atoms with Crippen LogP contribution >= 0.6 is 0 Å². The summed E-state index contributed by atoms with van der Waals surface area (Å²) in [6.45, 7) is 1.29. The molecule has 1 aromatic carbocycles. The Morgan fingerprint density at radius 2 is 2.00 bits per heavy atom. The van der Waals surface area contributed by atoms with Gasteiger partial charge in [-0.25, -0.2) is 0 Å². The third-order valence-corrected chi connectivity index (χ3v) is 2.64. The Morgan fingerprint density at radius 3 is 2.71 bits per heavy atom. The third kappa shape index (κ3) is 2.56. The lowest BCUT2D eigenvalue weighted by atomic mass is 9.93. The minimum absolute atomic E-state index is 0.266. The summed E-state index contributed by atoms with van der Waals surface area (Å²) in [6.07, 6.45) is 1.62. The van der Waals surface area contributed by atoms with Crippen LogP contribution in [0.1, 0.15) is 12.0 Å². The second-order valence-electron chi connectivity index (χ2n) is 3.98. The zero-order valence-electron chi connectivity index (χ0n) is 8.23. The molecule has 2 rings (SSSR count). The number of aliphatic hydroxyl groups is 1. The predicted molar refractivity (Wildman–Crippen MR) is 55.1 cm³/mol. The molecule has 76 valence electrons. The Bertz CT molecular complexity index is 271. The average Bonchev–Trinajstić information content (AvgIpc) is 2.19. The number of aliphatic hydroxyl groups excluding tert-OH is 1. The standard InChI is InChI=1S/C12H16O2/c13-12-7-11(8-14-9-12)6-10-4-2-1-3-5-10/h1-5,11-13H,6-9H2. The smallest absolute Gasteiger partial charge is 0.0777 e. The number of benzene rings is 1. The molecule has 0 saturated carbocycles. The molecule has 2 atom stereocenters. The number of ether oxygens (including phenoxy) is 1. The van der Waals surface area contributed by atoms with Gasteiger partial charge in [0, 0.05) is 6.61 Å². The molecule has 14 heavy (non-hydrogen) atoms. The van der Waals surface area contributed by atoms with Crippen LogP contribution in [0.5, 0.6) is 0 Å². The van der Waals surface area contributed by atoms with Gasteiger partial charge in [-0.2, -0.15) is 0 Å². The lowest BCUT2D eigenvalue weighted by Crippen LogP contribution is -2.30. The van der Waals surface area contributed by atoms with E-state index >= 15 is 0 Å². The average molecular weight is 192 g/mol. The summed E-state index contributed by atoms with van der Waals surface area (Å²) in [5.41, 5.74) is 1.33. The Kier molecular flexibility index (Phi) is 3.17. The summed E-state index contributed by atoms with van der Waals surface area (Å²) in [5, 5.41) is 9.43. The monoisotopic (exact) mass is 192 g/mol. The van der Waals surface area contributed by atoms with Crippen LogP contribution in [0.25, 0.3) is 0 Å². The summed E-state index contributed by atoms with van der Waals surface area (Å²) >= 11 is 0. The maximum Gasteiger partial charge on any atom is 0.0777 e. The SMILES string of the molecule is OC1COCC(Cc2ccccc2)C1. The Labute approximate surface area is 84.5 Å². The lowest BCUT2D eigenvalue weighted by molar-refractivity contribution is -0.0356. The van der Waals surface area contributed by atoms with Gasteiger partial charge in [0.05, 0.1) is 12.7 Å². The van der Waals surface area contributed by atoms with Crippen molar-refractivity contribution in [3.05, 3.63) is 35.9 Å². The molecule has 0 radical (unpaired) electrons. The van der Waals surface area contributed by atoms with E-state index < -0.39 is 0 Å². The Hall–Kier alpha value is -0.860. The van der Waals surface area contributed by atoms with Crippen molar-refractivity contribution in [2.75, 3.05) is 13.2 Å². The van der Waals surface area contributed by atoms with Crippen molar-refractivity contribution in [1.82, 2.24) is 0 Å². The van der Waals surface area contributed by atoms with Crippen LogP contribution in [0.4, 0.5) is 0 Å². The van der Waals surface area contributed by atoms with Crippen LogP contribution < -0.4 is 0 Å². The molecule has 1 aliphatic rings. The molecule has 1 fully saturated rings. The minimum atomic E-state index is -0.266. The first-order valence-corrected chi connectivity index (χ1v) is 5.14. The predicted octanol–water partition coefficient (Wildman–Crippen LogP) is 1.63. The Morgan fingerprint density at radius 1 is 1.21 bits per heavy atom. The van der Waals surface area contributed by atoms with Crippen LogP contribution in [-0.2, 0) is 11.2 Å². The minimum Gasteiger partial charge on any atom is -0.391 e. The van der Waals surface area contributed by atoms with E-state index in [-0.39, 0.29) is 6.10 Å². The summed E-state index contributed by atoms with van der Waals surface area (Å²) in [6, 6.07) is 10.4. The van der Waals surface area contributed by atoms with Crippen molar-refractivity contribution in [3.63, 3.8) is 0 Å². The van der Waals surface area contributed by atoms with Crippen LogP contribution in [0.3, 0.4) is 0 Å². The van der Waals surface area contributed by atoms with Crippen molar-refractivity contribution < 1.29 is 9.84 Å². The lowest BCUT2D eigenvalue weighted by Gasteiger charge is -2.26. The van der Waals surface area contributed by atoms with Crippen LogP contribution in [0.15, 0.2) is 30.3 Å². The molecule has 1 aliphatic heterocycles. The van der Waals surface area contributed by atoms with Gasteiger partial charge in [-0.1, -0.05) is 30.3 Å². The molecule has 1 saturated heterocycles. The van der Waals surface area contributed by atoms with Gasteiger partial charge < -0.3 is 9.84 Å². The molecule has 2 heteroatoms. The molecule has 0 aliphatic carbocycles. The molecule has 1 heterocycles. The fourth-order valence-electron chi connectivity index (χ4n) is 1.98. The maximum atomic E-state index is 9.43.